The molecule has 1 aromatic carbocycles. The fraction of sp³-hybridized carbons (Fsp3) is 0.312. The Morgan fingerprint density at radius 2 is 1.67 bits per heavy atom. The van der Waals surface area contributed by atoms with Crippen molar-refractivity contribution >= 4 is 0 Å². The molecule has 0 saturated heterocycles. The molecule has 3 N–H and O–H groups in total. The minimum atomic E-state index is 0.144. The summed E-state index contributed by atoms with van der Waals surface area (Å²) >= 11 is 0. The molecule has 0 fully saturated rings. The molecule has 1 aromatic heterocycles. The standard InChI is InChI=1S/C16H21N3O2/c1-20-15-4-3-13(11-16(15)21-2)10-14(19-17)9-12-5-7-18-8-6-12/h3-8,11,14,19H,9-10,17H2,1-2H3. The second-order valence-corrected chi connectivity index (χ2v) is 4.82. The number of nitrogens with two attached hydrogens (primary N) is 1. The number of nitrogens with zero attached hydrogens (tertiary/aromatic N) is 1. The highest BCUT2D eigenvalue weighted by Crippen LogP contribution is 2.28. The minimum absolute atomic E-state index is 0.144. The molecule has 0 aliphatic heterocycles. The number of benzene rings is 1. The molecule has 5 heteroatoms. The molecule has 1 atom stereocenters. The first-order valence-corrected chi connectivity index (χ1v) is 6.82. The molecular weight excluding hydrogens is 266 g/mol. The van der Waals surface area contributed by atoms with Crippen molar-refractivity contribution in [2.24, 2.45) is 5.84 Å². The number of pyridine rings is 1. The maximum absolute atomic E-state index is 5.67. The van der Waals surface area contributed by atoms with Crippen LogP contribution in [0.15, 0.2) is 42.7 Å². The summed E-state index contributed by atoms with van der Waals surface area (Å²) in [6, 6.07) is 10.1. The summed E-state index contributed by atoms with van der Waals surface area (Å²) in [5, 5.41) is 0. The van der Waals surface area contributed by atoms with Crippen LogP contribution < -0.4 is 20.7 Å². The lowest BCUT2D eigenvalue weighted by molar-refractivity contribution is 0.354. The maximum atomic E-state index is 5.67. The molecule has 0 saturated carbocycles. The second kappa shape index (κ2) is 7.61. The third kappa shape index (κ3) is 4.18. The molecule has 112 valence electrons. The highest BCUT2D eigenvalue weighted by Gasteiger charge is 2.11. The van der Waals surface area contributed by atoms with Gasteiger partial charge < -0.3 is 9.47 Å². The van der Waals surface area contributed by atoms with Gasteiger partial charge in [-0.15, -0.1) is 0 Å². The first kappa shape index (κ1) is 15.3. The molecule has 1 unspecified atom stereocenters. The fourth-order valence-electron chi connectivity index (χ4n) is 2.29. The molecule has 2 aromatic rings. The summed E-state index contributed by atoms with van der Waals surface area (Å²) in [6.07, 6.45) is 5.23. The quantitative estimate of drug-likeness (QED) is 0.599. The average Bonchev–Trinajstić information content (AvgIpc) is 2.55. The van der Waals surface area contributed by atoms with Gasteiger partial charge in [0.2, 0.25) is 0 Å². The van der Waals surface area contributed by atoms with Crippen molar-refractivity contribution in [2.75, 3.05) is 14.2 Å². The fourth-order valence-corrected chi connectivity index (χ4v) is 2.29. The lowest BCUT2D eigenvalue weighted by Crippen LogP contribution is -2.38. The van der Waals surface area contributed by atoms with E-state index in [1.165, 1.54) is 5.56 Å². The van der Waals surface area contributed by atoms with Gasteiger partial charge in [-0.05, 0) is 48.2 Å². The maximum Gasteiger partial charge on any atom is 0.160 e. The van der Waals surface area contributed by atoms with Crippen molar-refractivity contribution < 1.29 is 9.47 Å². The number of hydrogen-bond acceptors (Lipinski definition) is 5. The Bertz CT molecular complexity index is 561. The molecule has 0 aliphatic rings. The van der Waals surface area contributed by atoms with Crippen LogP contribution in [0.2, 0.25) is 0 Å². The summed E-state index contributed by atoms with van der Waals surface area (Å²) in [5.41, 5.74) is 5.22. The van der Waals surface area contributed by atoms with E-state index in [-0.39, 0.29) is 6.04 Å². The molecular formula is C16H21N3O2. The number of rotatable bonds is 7. The molecule has 5 nitrogen and oxygen atoms in total. The van der Waals surface area contributed by atoms with E-state index in [9.17, 15) is 0 Å². The van der Waals surface area contributed by atoms with Crippen LogP contribution in [0.4, 0.5) is 0 Å². The smallest absolute Gasteiger partial charge is 0.160 e. The first-order valence-electron chi connectivity index (χ1n) is 6.82. The summed E-state index contributed by atoms with van der Waals surface area (Å²) < 4.78 is 10.6. The molecule has 0 radical (unpaired) electrons. The average molecular weight is 287 g/mol. The summed E-state index contributed by atoms with van der Waals surface area (Å²) in [7, 11) is 3.27. The van der Waals surface area contributed by atoms with Crippen molar-refractivity contribution in [1.29, 1.82) is 0 Å². The molecule has 2 rings (SSSR count). The lowest BCUT2D eigenvalue weighted by Gasteiger charge is -2.17. The molecule has 0 bridgehead atoms. The molecule has 0 amide bonds. The van der Waals surface area contributed by atoms with Gasteiger partial charge in [-0.1, -0.05) is 6.07 Å². The summed E-state index contributed by atoms with van der Waals surface area (Å²) in [4.78, 5) is 4.02. The van der Waals surface area contributed by atoms with E-state index < -0.39 is 0 Å². The van der Waals surface area contributed by atoms with Gasteiger partial charge in [-0.2, -0.15) is 0 Å². The van der Waals surface area contributed by atoms with Crippen LogP contribution in [0, 0.1) is 0 Å². The number of ether oxygens (including phenoxy) is 2. The number of nitrogens with one attached hydrogen (secondary N) is 1. The lowest BCUT2D eigenvalue weighted by atomic mass is 10.00. The van der Waals surface area contributed by atoms with E-state index in [1.807, 2.05) is 30.3 Å². The van der Waals surface area contributed by atoms with E-state index in [2.05, 4.69) is 10.4 Å². The second-order valence-electron chi connectivity index (χ2n) is 4.82. The van der Waals surface area contributed by atoms with Crippen LogP contribution in [0.25, 0.3) is 0 Å². The SMILES string of the molecule is COc1ccc(CC(Cc2ccncc2)NN)cc1OC. The van der Waals surface area contributed by atoms with Gasteiger partial charge in [0.25, 0.3) is 0 Å². The van der Waals surface area contributed by atoms with Crippen LogP contribution in [-0.4, -0.2) is 25.2 Å². The van der Waals surface area contributed by atoms with Crippen molar-refractivity contribution in [3.05, 3.63) is 53.9 Å². The highest BCUT2D eigenvalue weighted by molar-refractivity contribution is 5.43. The normalized spacial score (nSPS) is 12.0. The van der Waals surface area contributed by atoms with Gasteiger partial charge >= 0.3 is 0 Å². The van der Waals surface area contributed by atoms with Crippen molar-refractivity contribution in [1.82, 2.24) is 10.4 Å². The van der Waals surface area contributed by atoms with Gasteiger partial charge in [-0.25, -0.2) is 0 Å². The number of aromatic nitrogens is 1. The Balaban J connectivity index is 2.08. The van der Waals surface area contributed by atoms with E-state index in [0.717, 1.165) is 29.9 Å². The van der Waals surface area contributed by atoms with Crippen LogP contribution in [0.1, 0.15) is 11.1 Å². The number of hydrogen-bond donors (Lipinski definition) is 2. The molecule has 0 aliphatic carbocycles. The Morgan fingerprint density at radius 3 is 2.29 bits per heavy atom. The monoisotopic (exact) mass is 287 g/mol. The van der Waals surface area contributed by atoms with Crippen molar-refractivity contribution in [3.8, 4) is 11.5 Å². The number of hydrazine groups is 1. The van der Waals surface area contributed by atoms with E-state index >= 15 is 0 Å². The predicted molar refractivity (Wildman–Crippen MR) is 82.3 cm³/mol. The zero-order chi connectivity index (χ0) is 15.1. The van der Waals surface area contributed by atoms with Crippen LogP contribution in [0.3, 0.4) is 0 Å². The van der Waals surface area contributed by atoms with Crippen molar-refractivity contribution in [3.63, 3.8) is 0 Å². The molecule has 0 spiro atoms. The van der Waals surface area contributed by atoms with Crippen LogP contribution in [0.5, 0.6) is 11.5 Å². The highest BCUT2D eigenvalue weighted by atomic mass is 16.5. The van der Waals surface area contributed by atoms with Gasteiger partial charge in [-0.3, -0.25) is 16.3 Å². The Hall–Kier alpha value is -2.11. The Morgan fingerprint density at radius 1 is 1.00 bits per heavy atom. The van der Waals surface area contributed by atoms with Crippen LogP contribution in [-0.2, 0) is 12.8 Å². The molecule has 1 heterocycles. The van der Waals surface area contributed by atoms with E-state index in [1.54, 1.807) is 26.6 Å². The van der Waals surface area contributed by atoms with Gasteiger partial charge in [0, 0.05) is 18.4 Å². The topological polar surface area (TPSA) is 69.4 Å². The Kier molecular flexibility index (Phi) is 5.54. The third-order valence-corrected chi connectivity index (χ3v) is 3.40. The minimum Gasteiger partial charge on any atom is -0.493 e. The number of methoxy groups -OCH3 is 2. The first-order chi connectivity index (χ1) is 10.3. The van der Waals surface area contributed by atoms with Gasteiger partial charge in [0.15, 0.2) is 11.5 Å². The molecule has 21 heavy (non-hydrogen) atoms. The zero-order valence-corrected chi connectivity index (χ0v) is 12.4. The van der Waals surface area contributed by atoms with Crippen molar-refractivity contribution in [2.45, 2.75) is 18.9 Å². The zero-order valence-electron chi connectivity index (χ0n) is 12.4. The Labute approximate surface area is 125 Å². The predicted octanol–water partition coefficient (Wildman–Crippen LogP) is 1.72. The van der Waals surface area contributed by atoms with Gasteiger partial charge in [0.1, 0.15) is 0 Å². The van der Waals surface area contributed by atoms with Gasteiger partial charge in [0.05, 0.1) is 14.2 Å². The van der Waals surface area contributed by atoms with Crippen LogP contribution >= 0.6 is 0 Å². The largest absolute Gasteiger partial charge is 0.493 e. The van der Waals surface area contributed by atoms with E-state index in [4.69, 9.17) is 15.3 Å². The third-order valence-electron chi connectivity index (χ3n) is 3.40. The summed E-state index contributed by atoms with van der Waals surface area (Å²) in [6.45, 7) is 0. The summed E-state index contributed by atoms with van der Waals surface area (Å²) in [5.74, 6) is 7.13. The van der Waals surface area contributed by atoms with E-state index in [0.29, 0.717) is 0 Å².